The van der Waals surface area contributed by atoms with Gasteiger partial charge >= 0.3 is 6.18 Å². The van der Waals surface area contributed by atoms with E-state index in [-0.39, 0.29) is 58.6 Å². The molecular weight excluding hydrogens is 1040 g/mol. The molecule has 424 valence electrons. The number of nitrogens with zero attached hydrogens (tertiary/aromatic N) is 4. The van der Waals surface area contributed by atoms with Crippen LogP contribution in [0.2, 0.25) is 0 Å². The summed E-state index contributed by atoms with van der Waals surface area (Å²) >= 11 is 1.58. The number of aromatic amines is 1. The topological polar surface area (TPSA) is 189 Å². The quantitative estimate of drug-likeness (QED) is 0.0352. The van der Waals surface area contributed by atoms with Gasteiger partial charge in [0.05, 0.1) is 38.6 Å². The number of hydrogen-bond donors (Lipinski definition) is 5. The Morgan fingerprint density at radius 2 is 1.51 bits per heavy atom. The summed E-state index contributed by atoms with van der Waals surface area (Å²) in [6.45, 7) is 14.0. The molecule has 0 saturated carbocycles. The van der Waals surface area contributed by atoms with Crippen molar-refractivity contribution in [3.8, 4) is 21.6 Å². The molecule has 0 aliphatic carbocycles. The van der Waals surface area contributed by atoms with Crippen molar-refractivity contribution in [1.29, 1.82) is 0 Å². The Morgan fingerprint density at radius 3 is 2.16 bits per heavy atom. The first-order valence-corrected chi connectivity index (χ1v) is 28.1. The summed E-state index contributed by atoms with van der Waals surface area (Å²) in [7, 11) is 1.99. The molecule has 5 amide bonds. The summed E-state index contributed by atoms with van der Waals surface area (Å²) in [6, 6.07) is 15.8. The van der Waals surface area contributed by atoms with Crippen LogP contribution in [0.25, 0.3) is 21.6 Å². The molecule has 2 fully saturated rings. The molecule has 20 heteroatoms. The van der Waals surface area contributed by atoms with Crippen molar-refractivity contribution in [1.82, 2.24) is 35.7 Å². The maximum atomic E-state index is 15.6. The van der Waals surface area contributed by atoms with Crippen LogP contribution in [0, 0.1) is 18.2 Å². The second-order valence-electron chi connectivity index (χ2n) is 22.0. The van der Waals surface area contributed by atoms with E-state index in [0.717, 1.165) is 60.0 Å². The van der Waals surface area contributed by atoms with Gasteiger partial charge in [-0.3, -0.25) is 33.7 Å². The van der Waals surface area contributed by atoms with Gasteiger partial charge in [0.15, 0.2) is 0 Å². The summed E-state index contributed by atoms with van der Waals surface area (Å²) in [5, 5.41) is 11.5. The molecule has 3 aromatic carbocycles. The number of piperazine rings is 1. The number of likely N-dealkylation sites (N-methyl/N-ethyl adjacent to an activating group) is 1. The fraction of sp³-hybridized carbons (Fsp3) is 0.475. The van der Waals surface area contributed by atoms with Crippen molar-refractivity contribution in [3.05, 3.63) is 123 Å². The lowest BCUT2D eigenvalue weighted by Gasteiger charge is -2.44. The normalized spacial score (nSPS) is 17.3. The van der Waals surface area contributed by atoms with E-state index in [2.05, 4.69) is 36.1 Å². The zero-order chi connectivity index (χ0) is 57.2. The van der Waals surface area contributed by atoms with Crippen molar-refractivity contribution < 1.29 is 41.5 Å². The number of carbonyl (C=O) groups excluding carboxylic acids is 5. The highest BCUT2D eigenvalue weighted by atomic mass is 32.1. The number of anilines is 2. The van der Waals surface area contributed by atoms with Crippen LogP contribution in [0.5, 0.6) is 0 Å². The Labute approximate surface area is 463 Å². The lowest BCUT2D eigenvalue weighted by atomic mass is 9.85. The molecule has 4 heterocycles. The van der Waals surface area contributed by atoms with Crippen LogP contribution in [0.4, 0.5) is 28.9 Å². The van der Waals surface area contributed by atoms with E-state index in [1.54, 1.807) is 28.4 Å². The lowest BCUT2D eigenvalue weighted by molar-refractivity contribution is -0.143. The van der Waals surface area contributed by atoms with Crippen LogP contribution < -0.4 is 31.7 Å². The molecule has 2 aliphatic heterocycles. The number of amides is 5. The standard InChI is InChI=1S/C59H73F4N9O6S/c1-36-33-71(34-37(2)70(36)7)48-25-23-41(29-47(48)68-55(76)44-32-65-51(74)30-45(44)59(61,62)63)43-28-42(22-24-46(43)60)54(75)64-26-14-12-10-8-9-11-13-17-50(73)69-53(58(4,5)6)57(78)72-27-15-16-49(72)56(77)66-31-39-18-20-40(21-19-39)52-38(3)67-35-79-52/h18-25,28-30,32,35-37,49,53H,8-17,26-27,31,33-34H2,1-7H3,(H,64,75)(H,65,74)(H,66,77)(H,68,76)(H,69,73)/t36-,37+,49-,53+/m0/s1. The number of H-pyrrole nitrogens is 1. The summed E-state index contributed by atoms with van der Waals surface area (Å²) in [5.41, 5.74) is 2.15. The fourth-order valence-electron chi connectivity index (χ4n) is 10.3. The summed E-state index contributed by atoms with van der Waals surface area (Å²) in [5.74, 6) is -2.87. The second kappa shape index (κ2) is 26.4. The number of rotatable bonds is 21. The predicted molar refractivity (Wildman–Crippen MR) is 300 cm³/mol. The molecular formula is C59H73F4N9O6S. The molecule has 5 aromatic rings. The minimum absolute atomic E-state index is 0.0455. The molecule has 2 saturated heterocycles. The smallest absolute Gasteiger partial charge is 0.367 e. The summed E-state index contributed by atoms with van der Waals surface area (Å²) in [4.78, 5) is 92.9. The van der Waals surface area contributed by atoms with Crippen LogP contribution in [0.1, 0.15) is 136 Å². The van der Waals surface area contributed by atoms with Crippen LogP contribution in [0.15, 0.2) is 83.2 Å². The molecule has 5 N–H and O–H groups in total. The first-order valence-electron chi connectivity index (χ1n) is 27.2. The minimum Gasteiger partial charge on any atom is -0.367 e. The van der Waals surface area contributed by atoms with E-state index in [9.17, 15) is 41.9 Å². The van der Waals surface area contributed by atoms with E-state index in [0.29, 0.717) is 70.2 Å². The fourth-order valence-corrected chi connectivity index (χ4v) is 11.1. The molecule has 15 nitrogen and oxygen atoms in total. The molecule has 4 atom stereocenters. The highest BCUT2D eigenvalue weighted by Crippen LogP contribution is 2.37. The Balaban J connectivity index is 0.848. The van der Waals surface area contributed by atoms with Gasteiger partial charge in [0.2, 0.25) is 23.3 Å². The zero-order valence-electron chi connectivity index (χ0n) is 46.1. The first-order chi connectivity index (χ1) is 37.5. The van der Waals surface area contributed by atoms with E-state index in [1.165, 1.54) is 24.3 Å². The molecule has 2 aromatic heterocycles. The van der Waals surface area contributed by atoms with Crippen molar-refractivity contribution >= 4 is 52.2 Å². The minimum atomic E-state index is -4.99. The van der Waals surface area contributed by atoms with Crippen LogP contribution in [-0.4, -0.2) is 107 Å². The Morgan fingerprint density at radius 1 is 0.835 bits per heavy atom. The van der Waals surface area contributed by atoms with Crippen LogP contribution in [-0.2, 0) is 27.1 Å². The Hall–Kier alpha value is -6.93. The third-order valence-electron chi connectivity index (χ3n) is 15.0. The maximum Gasteiger partial charge on any atom is 0.417 e. The summed E-state index contributed by atoms with van der Waals surface area (Å²) < 4.78 is 57.6. The molecule has 2 aliphatic rings. The molecule has 0 radical (unpaired) electrons. The van der Waals surface area contributed by atoms with Gasteiger partial charge in [-0.25, -0.2) is 9.37 Å². The first kappa shape index (κ1) is 59.7. The number of pyridine rings is 1. The van der Waals surface area contributed by atoms with Gasteiger partial charge in [-0.15, -0.1) is 11.3 Å². The highest BCUT2D eigenvalue weighted by Gasteiger charge is 2.42. The van der Waals surface area contributed by atoms with Gasteiger partial charge in [0.25, 0.3) is 11.8 Å². The maximum absolute atomic E-state index is 15.6. The predicted octanol–water partition coefficient (Wildman–Crippen LogP) is 10.1. The number of halogens is 4. The number of alkyl halides is 3. The molecule has 0 spiro atoms. The number of carbonyl (C=O) groups is 5. The third-order valence-corrected chi connectivity index (χ3v) is 16.0. The number of benzene rings is 3. The van der Waals surface area contributed by atoms with Gasteiger partial charge in [-0.2, -0.15) is 13.2 Å². The van der Waals surface area contributed by atoms with E-state index in [1.807, 2.05) is 83.3 Å². The second-order valence-corrected chi connectivity index (χ2v) is 22.8. The SMILES string of the molecule is Cc1ncsc1-c1ccc(CNC(=O)[C@@H]2CCCN2C(=O)[C@@H](NC(=O)CCCCCCCCCNC(=O)c2ccc(F)c(-c3ccc(N4C[C@@H](C)N(C)[C@@H](C)C4)c(NC(=O)c4c[nH]c(=O)cc4C(F)(F)F)c3)c2)C(C)(C)C)cc1. The van der Waals surface area contributed by atoms with Gasteiger partial charge in [0.1, 0.15) is 17.9 Å². The van der Waals surface area contributed by atoms with Crippen molar-refractivity contribution in [2.24, 2.45) is 5.41 Å². The average molecular weight is 1110 g/mol. The number of aromatic nitrogens is 2. The van der Waals surface area contributed by atoms with Gasteiger partial charge in [-0.1, -0.05) is 83.2 Å². The zero-order valence-corrected chi connectivity index (χ0v) is 46.9. The van der Waals surface area contributed by atoms with E-state index >= 15 is 4.39 Å². The molecule has 7 rings (SSSR count). The molecule has 79 heavy (non-hydrogen) atoms. The number of hydrogen-bond acceptors (Lipinski definition) is 10. The Bertz CT molecular complexity index is 3020. The van der Waals surface area contributed by atoms with Crippen molar-refractivity contribution in [2.45, 2.75) is 143 Å². The highest BCUT2D eigenvalue weighted by molar-refractivity contribution is 7.13. The van der Waals surface area contributed by atoms with E-state index in [4.69, 9.17) is 0 Å². The van der Waals surface area contributed by atoms with Gasteiger partial charge < -0.3 is 36.1 Å². The Kier molecular flexibility index (Phi) is 19.9. The average Bonchev–Trinajstić information content (AvgIpc) is 4.14. The third kappa shape index (κ3) is 15.5. The number of nitrogens with one attached hydrogen (secondary N) is 5. The number of thiazole rings is 1. The number of aryl methyl sites for hydroxylation is 1. The van der Waals surface area contributed by atoms with Gasteiger partial charge in [-0.05, 0) is 106 Å². The molecule has 0 unspecified atom stereocenters. The monoisotopic (exact) mass is 1110 g/mol. The number of likely N-dealkylation sites (tertiary alicyclic amines) is 1. The van der Waals surface area contributed by atoms with Crippen molar-refractivity contribution in [3.63, 3.8) is 0 Å². The molecule has 0 bridgehead atoms. The van der Waals surface area contributed by atoms with Crippen molar-refractivity contribution in [2.75, 3.05) is 43.4 Å². The van der Waals surface area contributed by atoms with Crippen LogP contribution >= 0.6 is 11.3 Å². The largest absolute Gasteiger partial charge is 0.417 e. The van der Waals surface area contributed by atoms with Gasteiger partial charge in [0, 0.05) is 74.6 Å². The lowest BCUT2D eigenvalue weighted by Crippen LogP contribution is -2.57. The van der Waals surface area contributed by atoms with Crippen LogP contribution in [0.3, 0.4) is 0 Å². The van der Waals surface area contributed by atoms with E-state index < -0.39 is 58.0 Å². The summed E-state index contributed by atoms with van der Waals surface area (Å²) in [6.07, 6.45) is 3.00. The number of unbranched alkanes of at least 4 members (excludes halogenated alkanes) is 6.